The number of aliphatic hydroxyl groups excluding tert-OH is 1. The number of rotatable bonds is 7. The van der Waals surface area contributed by atoms with Gasteiger partial charge < -0.3 is 28.8 Å². The molecule has 0 aromatic rings. The minimum atomic E-state index is -1.04. The highest BCUT2D eigenvalue weighted by atomic mass is 28.3. The summed E-state index contributed by atoms with van der Waals surface area (Å²) in [6.07, 6.45) is 5.45. The summed E-state index contributed by atoms with van der Waals surface area (Å²) in [5.74, 6) is -0.968. The van der Waals surface area contributed by atoms with Crippen LogP contribution < -0.4 is 0 Å². The molecule has 8 nitrogen and oxygen atoms in total. The maximum absolute atomic E-state index is 11.8. The van der Waals surface area contributed by atoms with Gasteiger partial charge in [-0.3, -0.25) is 9.59 Å². The Hall–Kier alpha value is -1.55. The van der Waals surface area contributed by atoms with Crippen LogP contribution in [0.3, 0.4) is 0 Å². The molecule has 0 aromatic heterocycles. The van der Waals surface area contributed by atoms with Crippen molar-refractivity contribution in [1.82, 2.24) is 0 Å². The lowest BCUT2D eigenvalue weighted by atomic mass is 10.0. The van der Waals surface area contributed by atoms with Gasteiger partial charge in [0.25, 0.3) is 0 Å². The Morgan fingerprint density at radius 3 is 1.92 bits per heavy atom. The topological polar surface area (TPSA) is 108 Å². The van der Waals surface area contributed by atoms with Gasteiger partial charge in [-0.2, -0.15) is 0 Å². The number of aldehydes is 1. The number of esters is 2. The molecule has 9 heteroatoms. The van der Waals surface area contributed by atoms with E-state index in [1.54, 1.807) is 6.92 Å². The van der Waals surface area contributed by atoms with Crippen molar-refractivity contribution < 1.29 is 38.4 Å². The van der Waals surface area contributed by atoms with Crippen LogP contribution in [-0.4, -0.2) is 68.2 Å². The third-order valence-electron chi connectivity index (χ3n) is 4.17. The Morgan fingerprint density at radius 1 is 1.10 bits per heavy atom. The lowest BCUT2D eigenvalue weighted by Gasteiger charge is -2.39. The third kappa shape index (κ3) is 34.4. The van der Waals surface area contributed by atoms with Crippen LogP contribution in [0.1, 0.15) is 95.9 Å². The molecular weight excluding hydrogens is 516 g/mol. The second-order valence-electron chi connectivity index (χ2n) is 11.5. The molecule has 1 aliphatic heterocycles. The molecular formula is C30H62O8Si. The lowest BCUT2D eigenvalue weighted by Crippen LogP contribution is -2.45. The molecule has 0 aliphatic carbocycles. The Labute approximate surface area is 241 Å². The predicted molar refractivity (Wildman–Crippen MR) is 164 cm³/mol. The first-order valence-electron chi connectivity index (χ1n) is 14.1. The van der Waals surface area contributed by atoms with Gasteiger partial charge in [-0.25, -0.2) is 0 Å². The Balaban J connectivity index is -0.000000262. The second-order valence-corrected chi connectivity index (χ2v) is 17.2. The molecule has 0 radical (unpaired) electrons. The van der Waals surface area contributed by atoms with Crippen LogP contribution in [0.4, 0.5) is 0 Å². The van der Waals surface area contributed by atoms with Crippen molar-refractivity contribution >= 4 is 26.3 Å². The van der Waals surface area contributed by atoms with Gasteiger partial charge in [0.15, 0.2) is 5.79 Å². The summed E-state index contributed by atoms with van der Waals surface area (Å²) in [4.78, 5) is 31.7. The van der Waals surface area contributed by atoms with E-state index < -0.39 is 19.5 Å². The summed E-state index contributed by atoms with van der Waals surface area (Å²) in [5, 5.41) is 7.57. The molecule has 1 aliphatic rings. The summed E-state index contributed by atoms with van der Waals surface area (Å²) in [6.45, 7) is 29.8. The van der Waals surface area contributed by atoms with Crippen LogP contribution >= 0.6 is 0 Å². The van der Waals surface area contributed by atoms with Crippen molar-refractivity contribution in [3.63, 3.8) is 0 Å². The van der Waals surface area contributed by atoms with Crippen LogP contribution in [0.25, 0.3) is 0 Å². The summed E-state index contributed by atoms with van der Waals surface area (Å²) >= 11 is 0. The molecule has 234 valence electrons. The summed E-state index contributed by atoms with van der Waals surface area (Å²) < 4.78 is 21.9. The minimum Gasteiger partial charge on any atom is -0.466 e. The molecule has 1 heterocycles. The van der Waals surface area contributed by atoms with Crippen molar-refractivity contribution in [3.8, 4) is 0 Å². The van der Waals surface area contributed by atoms with E-state index in [0.717, 1.165) is 12.3 Å². The number of aliphatic hydroxyl groups is 1. The summed E-state index contributed by atoms with van der Waals surface area (Å²) in [5.41, 5.74) is -0.458. The highest BCUT2D eigenvalue weighted by molar-refractivity contribution is 6.76. The quantitative estimate of drug-likeness (QED) is 0.149. The highest BCUT2D eigenvalue weighted by Gasteiger charge is 2.36. The van der Waals surface area contributed by atoms with Crippen molar-refractivity contribution in [2.24, 2.45) is 5.92 Å². The summed E-state index contributed by atoms with van der Waals surface area (Å²) in [7, 11) is -1.04. The van der Waals surface area contributed by atoms with Gasteiger partial charge >= 0.3 is 11.9 Å². The first kappa shape index (κ1) is 44.5. The molecule has 0 spiro atoms. The molecule has 0 aromatic carbocycles. The van der Waals surface area contributed by atoms with Crippen molar-refractivity contribution in [2.45, 2.75) is 145 Å². The maximum atomic E-state index is 11.8. The number of carbonyl (C=O) groups is 3. The van der Waals surface area contributed by atoms with Gasteiger partial charge in [0.1, 0.15) is 11.9 Å². The zero-order valence-electron chi connectivity index (χ0n) is 27.8. The fraction of sp³-hybridized carbons (Fsp3) is 0.833. The molecule has 0 unspecified atom stereocenters. The molecule has 39 heavy (non-hydrogen) atoms. The number of carbonyl (C=O) groups excluding carboxylic acids is 3. The largest absolute Gasteiger partial charge is 0.466 e. The van der Waals surface area contributed by atoms with Gasteiger partial charge in [-0.1, -0.05) is 59.5 Å². The van der Waals surface area contributed by atoms with Crippen LogP contribution in [-0.2, 0) is 33.3 Å². The zero-order valence-corrected chi connectivity index (χ0v) is 28.8. The first-order valence-corrected chi connectivity index (χ1v) is 17.9. The monoisotopic (exact) mass is 578 g/mol. The van der Waals surface area contributed by atoms with E-state index >= 15 is 0 Å². The molecule has 0 saturated carbocycles. The number of hydrogen-bond acceptors (Lipinski definition) is 8. The zero-order chi connectivity index (χ0) is 31.9. The Morgan fingerprint density at radius 2 is 1.56 bits per heavy atom. The number of ether oxygens (including phenoxy) is 4. The van der Waals surface area contributed by atoms with Crippen molar-refractivity contribution in [2.75, 3.05) is 13.2 Å². The smallest absolute Gasteiger partial charge is 0.308 e. The Bertz CT molecular complexity index is 646. The van der Waals surface area contributed by atoms with Crippen LogP contribution in [0.15, 0.2) is 12.2 Å². The van der Waals surface area contributed by atoms with E-state index in [0.29, 0.717) is 13.0 Å². The number of hydrogen-bond donors (Lipinski definition) is 1. The van der Waals surface area contributed by atoms with Gasteiger partial charge in [0, 0.05) is 21.1 Å². The lowest BCUT2D eigenvalue weighted by molar-refractivity contribution is -0.290. The highest BCUT2D eigenvalue weighted by Crippen LogP contribution is 2.29. The number of allylic oxidation sites excluding steroid dienone is 1. The van der Waals surface area contributed by atoms with Crippen LogP contribution in [0.2, 0.25) is 25.7 Å². The maximum Gasteiger partial charge on any atom is 0.308 e. The molecule has 0 bridgehead atoms. The van der Waals surface area contributed by atoms with Gasteiger partial charge in [0.05, 0.1) is 31.2 Å². The second kappa shape index (κ2) is 24.3. The van der Waals surface area contributed by atoms with E-state index in [4.69, 9.17) is 28.8 Å². The van der Waals surface area contributed by atoms with Gasteiger partial charge in [-0.15, -0.1) is 0 Å². The fourth-order valence-corrected chi connectivity index (χ4v) is 3.51. The average molecular weight is 579 g/mol. The van der Waals surface area contributed by atoms with E-state index in [1.165, 1.54) is 6.92 Å². The first-order chi connectivity index (χ1) is 17.8. The normalized spacial score (nSPS) is 18.0. The minimum absolute atomic E-state index is 0.00614. The molecule has 1 fully saturated rings. The van der Waals surface area contributed by atoms with Crippen LogP contribution in [0.5, 0.6) is 0 Å². The third-order valence-corrected chi connectivity index (χ3v) is 5.87. The predicted octanol–water partition coefficient (Wildman–Crippen LogP) is 6.96. The van der Waals surface area contributed by atoms with E-state index in [-0.39, 0.29) is 43.1 Å². The van der Waals surface area contributed by atoms with E-state index in [9.17, 15) is 9.59 Å². The SMILES string of the molecule is C/C=C/[C@@H]1C[C@H](CC(=O)OC(C)(C)C)OC(C)(C)O1.CC.CC(C)C(=O)OCC[Si](C)(C)C.CC=O.CCO. The summed E-state index contributed by atoms with van der Waals surface area (Å²) in [6, 6.07) is 1.06. The van der Waals surface area contributed by atoms with Crippen molar-refractivity contribution in [3.05, 3.63) is 12.2 Å². The fourth-order valence-electron chi connectivity index (χ4n) is 2.80. The average Bonchev–Trinajstić information content (AvgIpc) is 2.73. The standard InChI is InChI=1S/C15H26O4.C9H20O2Si.C2H6O.C2H4O.C2H6/c1-7-8-11-9-12(18-15(5,6)17-11)10-13(16)19-14(2,3)4;1-8(2)9(10)11-6-7-12(3,4)5;2*1-2-3;1-2/h7-8,11-12H,9-10H2,1-6H3;8H,6-7H2,1-5H3;3H,2H2,1H3;2H,1H3;1-2H3/b8-7+;;;;/t11-,12-;;;;/m1..../s1. The molecule has 1 rings (SSSR count). The van der Waals surface area contributed by atoms with Crippen LogP contribution in [0, 0.1) is 5.92 Å². The van der Waals surface area contributed by atoms with Gasteiger partial charge in [0.2, 0.25) is 0 Å². The van der Waals surface area contributed by atoms with Gasteiger partial charge in [-0.05, 0) is 61.4 Å². The van der Waals surface area contributed by atoms with E-state index in [2.05, 4.69) is 19.6 Å². The molecule has 2 atom stereocenters. The molecule has 0 amide bonds. The van der Waals surface area contributed by atoms with E-state index in [1.807, 2.05) is 81.4 Å². The molecule has 1 saturated heterocycles. The molecule has 1 N–H and O–H groups in total. The van der Waals surface area contributed by atoms with Crippen molar-refractivity contribution in [1.29, 1.82) is 0 Å². The Kier molecular flexibility index (Phi) is 27.7.